The van der Waals surface area contributed by atoms with Gasteiger partial charge in [0.05, 0.1) is 11.4 Å². The smallest absolute Gasteiger partial charge is 0.135 e. The van der Waals surface area contributed by atoms with Crippen molar-refractivity contribution >= 4 is 0 Å². The van der Waals surface area contributed by atoms with E-state index in [4.69, 9.17) is 9.97 Å². The summed E-state index contributed by atoms with van der Waals surface area (Å²) in [6, 6.07) is 58.5. The van der Waals surface area contributed by atoms with E-state index in [0.29, 0.717) is 11.3 Å². The zero-order valence-corrected chi connectivity index (χ0v) is 34.5. The molecule has 0 atom stereocenters. The lowest BCUT2D eigenvalue weighted by Crippen LogP contribution is -1.99. The maximum Gasteiger partial charge on any atom is 0.135 e. The monoisotopic (exact) mass is 795 g/mol. The summed E-state index contributed by atoms with van der Waals surface area (Å²) in [7, 11) is 0. The third-order valence-electron chi connectivity index (χ3n) is 11.3. The molecule has 296 valence electrons. The maximum absolute atomic E-state index is 15.0. The second-order valence-corrected chi connectivity index (χ2v) is 15.8. The molecule has 0 amide bonds. The minimum atomic E-state index is -1.06. The SMILES string of the molecule is [2H]C(C)(C)c1cc(-c2ccc(F)cc2F)ncc1-c1ccc(C)cc1-c1cc(C)cc(-c2ccccc2-c2cnc(-c3ccccc3)cc2-c2ccc(-c3ccccc3)cc2)c1. The highest BCUT2D eigenvalue weighted by Crippen LogP contribution is 2.43. The first-order chi connectivity index (χ1) is 30.0. The van der Waals surface area contributed by atoms with Crippen molar-refractivity contribution in [1.82, 2.24) is 9.97 Å². The molecule has 0 saturated heterocycles. The van der Waals surface area contributed by atoms with Gasteiger partial charge in [0.25, 0.3) is 0 Å². The molecule has 0 aliphatic carbocycles. The van der Waals surface area contributed by atoms with Gasteiger partial charge in [0, 0.05) is 42.1 Å². The Hall–Kier alpha value is -7.30. The van der Waals surface area contributed by atoms with Crippen LogP contribution in [0.2, 0.25) is 0 Å². The Kier molecular flexibility index (Phi) is 10.4. The zero-order valence-electron chi connectivity index (χ0n) is 35.5. The van der Waals surface area contributed by atoms with Gasteiger partial charge in [-0.2, -0.15) is 0 Å². The predicted octanol–water partition coefficient (Wildman–Crippen LogP) is 15.8. The van der Waals surface area contributed by atoms with Crippen molar-refractivity contribution in [3.05, 3.63) is 217 Å². The Morgan fingerprint density at radius 3 is 1.66 bits per heavy atom. The fraction of sp³-hybridized carbons (Fsp3) is 0.0877. The largest absolute Gasteiger partial charge is 0.256 e. The van der Waals surface area contributed by atoms with Gasteiger partial charge in [0.2, 0.25) is 0 Å². The van der Waals surface area contributed by atoms with E-state index in [2.05, 4.69) is 141 Å². The molecule has 0 fully saturated rings. The van der Waals surface area contributed by atoms with Gasteiger partial charge in [-0.3, -0.25) is 9.97 Å². The van der Waals surface area contributed by atoms with Crippen molar-refractivity contribution < 1.29 is 10.2 Å². The lowest BCUT2D eigenvalue weighted by molar-refractivity contribution is 0.585. The number of halogens is 2. The third kappa shape index (κ3) is 8.05. The maximum atomic E-state index is 15.0. The minimum absolute atomic E-state index is 0.187. The van der Waals surface area contributed by atoms with E-state index in [-0.39, 0.29) is 5.56 Å². The first kappa shape index (κ1) is 37.9. The molecule has 0 radical (unpaired) electrons. The molecule has 0 spiro atoms. The number of rotatable bonds is 9. The normalized spacial score (nSPS) is 11.7. The number of aromatic nitrogens is 2. The highest BCUT2D eigenvalue weighted by atomic mass is 19.1. The minimum Gasteiger partial charge on any atom is -0.256 e. The van der Waals surface area contributed by atoms with E-state index in [1.165, 1.54) is 17.7 Å². The molecule has 2 nitrogen and oxygen atoms in total. The van der Waals surface area contributed by atoms with Crippen LogP contribution in [0.5, 0.6) is 0 Å². The van der Waals surface area contributed by atoms with Crippen LogP contribution >= 0.6 is 0 Å². The first-order valence-corrected chi connectivity index (χ1v) is 20.5. The van der Waals surface area contributed by atoms with Gasteiger partial charge in [-0.05, 0) is 117 Å². The summed E-state index contributed by atoms with van der Waals surface area (Å²) in [5.74, 6) is -2.41. The highest BCUT2D eigenvalue weighted by molar-refractivity contribution is 5.95. The van der Waals surface area contributed by atoms with Gasteiger partial charge < -0.3 is 0 Å². The Morgan fingerprint density at radius 1 is 0.393 bits per heavy atom. The summed E-state index contributed by atoms with van der Waals surface area (Å²) < 4.78 is 38.1. The molecule has 0 aliphatic heterocycles. The van der Waals surface area contributed by atoms with Gasteiger partial charge in [-0.15, -0.1) is 0 Å². The van der Waals surface area contributed by atoms with Crippen molar-refractivity contribution in [3.63, 3.8) is 0 Å². The van der Waals surface area contributed by atoms with E-state index in [1.807, 2.05) is 44.3 Å². The van der Waals surface area contributed by atoms with Crippen molar-refractivity contribution in [2.24, 2.45) is 0 Å². The topological polar surface area (TPSA) is 25.8 Å². The molecule has 2 heterocycles. The summed E-state index contributed by atoms with van der Waals surface area (Å²) in [5.41, 5.74) is 17.8. The summed E-state index contributed by atoms with van der Waals surface area (Å²) >= 11 is 0. The van der Waals surface area contributed by atoms with Crippen molar-refractivity contribution in [2.75, 3.05) is 0 Å². The quantitative estimate of drug-likeness (QED) is 0.145. The first-order valence-electron chi connectivity index (χ1n) is 21.0. The Labute approximate surface area is 358 Å². The standard InChI is InChI=1S/C57H44F2N2/c1-36(2)50-32-57(49-26-24-45(58)31-55(49)59)61-34-53(50)48-25-19-37(3)29-51(48)44-28-38(4)27-43(30-44)46-17-11-12-18-47(46)54-35-60-56(42-15-9-6-10-16-42)33-52(54)41-22-20-40(21-23-41)39-13-7-5-8-14-39/h5-36H,1-4H3/i36D. The van der Waals surface area contributed by atoms with Gasteiger partial charge in [0.15, 0.2) is 0 Å². The zero-order chi connectivity index (χ0) is 43.0. The molecular formula is C57H44F2N2. The number of aryl methyl sites for hydroxylation is 2. The lowest BCUT2D eigenvalue weighted by Gasteiger charge is -2.20. The van der Waals surface area contributed by atoms with Crippen LogP contribution < -0.4 is 0 Å². The van der Waals surface area contributed by atoms with E-state index in [9.17, 15) is 5.76 Å². The van der Waals surface area contributed by atoms with Crippen LogP contribution in [0.3, 0.4) is 0 Å². The van der Waals surface area contributed by atoms with Gasteiger partial charge in [-0.25, -0.2) is 8.78 Å². The molecule has 9 aromatic rings. The lowest BCUT2D eigenvalue weighted by atomic mass is 9.85. The third-order valence-corrected chi connectivity index (χ3v) is 11.3. The molecule has 0 N–H and O–H groups in total. The Bertz CT molecular complexity index is 3080. The van der Waals surface area contributed by atoms with Gasteiger partial charge in [-0.1, -0.05) is 159 Å². The van der Waals surface area contributed by atoms with Crippen LogP contribution in [0.25, 0.3) is 89.3 Å². The summed E-state index contributed by atoms with van der Waals surface area (Å²) in [4.78, 5) is 9.75. The van der Waals surface area contributed by atoms with Crippen LogP contribution in [-0.4, -0.2) is 9.97 Å². The van der Waals surface area contributed by atoms with Crippen LogP contribution in [0.15, 0.2) is 188 Å². The Balaban J connectivity index is 1.18. The number of hydrogen-bond donors (Lipinski definition) is 0. The summed E-state index contributed by atoms with van der Waals surface area (Å²) in [5, 5.41) is 0. The molecular weight excluding hydrogens is 751 g/mol. The second kappa shape index (κ2) is 16.8. The van der Waals surface area contributed by atoms with Crippen molar-refractivity contribution in [2.45, 2.75) is 33.6 Å². The molecule has 7 aromatic carbocycles. The van der Waals surface area contributed by atoms with Crippen LogP contribution in [0, 0.1) is 25.5 Å². The Morgan fingerprint density at radius 2 is 0.951 bits per heavy atom. The molecule has 61 heavy (non-hydrogen) atoms. The highest BCUT2D eigenvalue weighted by Gasteiger charge is 2.20. The number of pyridine rings is 2. The molecule has 0 bridgehead atoms. The van der Waals surface area contributed by atoms with Gasteiger partial charge >= 0.3 is 0 Å². The van der Waals surface area contributed by atoms with Crippen LogP contribution in [0.1, 0.15) is 37.8 Å². The molecule has 4 heteroatoms. The summed E-state index contributed by atoms with van der Waals surface area (Å²) in [6.07, 6.45) is 3.74. The average molecular weight is 796 g/mol. The van der Waals surface area contributed by atoms with Crippen molar-refractivity contribution in [1.29, 1.82) is 0 Å². The second-order valence-electron chi connectivity index (χ2n) is 15.8. The fourth-order valence-electron chi connectivity index (χ4n) is 8.27. The molecule has 2 aromatic heterocycles. The van der Waals surface area contributed by atoms with E-state index >= 15 is 4.39 Å². The molecule has 0 unspecified atom stereocenters. The van der Waals surface area contributed by atoms with Gasteiger partial charge in [0.1, 0.15) is 11.6 Å². The fourth-order valence-corrected chi connectivity index (χ4v) is 8.27. The number of benzene rings is 7. The van der Waals surface area contributed by atoms with E-state index in [0.717, 1.165) is 89.6 Å². The average Bonchev–Trinajstić information content (AvgIpc) is 3.29. The van der Waals surface area contributed by atoms with E-state index < -0.39 is 17.5 Å². The summed E-state index contributed by atoms with van der Waals surface area (Å²) in [6.45, 7) is 7.83. The van der Waals surface area contributed by atoms with Crippen LogP contribution in [-0.2, 0) is 0 Å². The molecule has 9 rings (SSSR count). The van der Waals surface area contributed by atoms with E-state index in [1.54, 1.807) is 12.3 Å². The molecule has 0 saturated carbocycles. The molecule has 0 aliphatic rings. The number of nitrogens with zero attached hydrogens (tertiary/aromatic N) is 2. The van der Waals surface area contributed by atoms with Crippen LogP contribution in [0.4, 0.5) is 8.78 Å². The predicted molar refractivity (Wildman–Crippen MR) is 249 cm³/mol. The number of hydrogen-bond acceptors (Lipinski definition) is 2. The van der Waals surface area contributed by atoms with Crippen molar-refractivity contribution in [3.8, 4) is 89.3 Å².